The normalized spacial score (nSPS) is 22.6. The van der Waals surface area contributed by atoms with Crippen LogP contribution >= 0.6 is 0 Å². The van der Waals surface area contributed by atoms with Crippen LogP contribution in [0.4, 0.5) is 5.69 Å². The number of aromatic nitrogens is 5. The van der Waals surface area contributed by atoms with Crippen LogP contribution in [0, 0.1) is 0 Å². The Hall–Kier alpha value is -3.66. The van der Waals surface area contributed by atoms with Gasteiger partial charge in [0.1, 0.15) is 0 Å². The molecule has 7 heterocycles. The molecule has 0 amide bonds. The van der Waals surface area contributed by atoms with E-state index in [0.29, 0.717) is 17.7 Å². The molecule has 15 heteroatoms. The Morgan fingerprint density at radius 1 is 0.804 bits per heavy atom. The van der Waals surface area contributed by atoms with Gasteiger partial charge in [0, 0.05) is 87.8 Å². The van der Waals surface area contributed by atoms with Crippen LogP contribution in [0.2, 0.25) is 0 Å². The van der Waals surface area contributed by atoms with Crippen molar-refractivity contribution in [3.63, 3.8) is 0 Å². The summed E-state index contributed by atoms with van der Waals surface area (Å²) >= 11 is 0. The monoisotopic (exact) mass is 756 g/mol. The fourth-order valence-corrected chi connectivity index (χ4v) is 11.1. The zero-order chi connectivity index (χ0) is 36.5. The topological polar surface area (TPSA) is 188 Å². The molecule has 12 nitrogen and oxygen atoms in total. The van der Waals surface area contributed by atoms with Crippen LogP contribution in [-0.2, 0) is 31.4 Å². The second kappa shape index (κ2) is 21.0. The number of anilines is 1. The van der Waals surface area contributed by atoms with E-state index in [4.69, 9.17) is 5.73 Å². The van der Waals surface area contributed by atoms with E-state index in [-0.39, 0.29) is 17.0 Å². The largest absolute Gasteiger partial charge is 0.396 e. The maximum Gasteiger partial charge on any atom is 0.155 e. The molecule has 4 aromatic rings. The summed E-state index contributed by atoms with van der Waals surface area (Å²) in [5, 5.41) is 13.7. The van der Waals surface area contributed by atoms with E-state index in [0.717, 1.165) is 66.8 Å². The molecule has 7 rings (SSSR count). The number of pyridine rings is 3. The van der Waals surface area contributed by atoms with Crippen molar-refractivity contribution in [1.29, 1.82) is 0 Å². The van der Waals surface area contributed by atoms with Gasteiger partial charge in [-0.1, -0.05) is 31.4 Å². The van der Waals surface area contributed by atoms with Crippen molar-refractivity contribution in [3.8, 4) is 0 Å². The summed E-state index contributed by atoms with van der Waals surface area (Å²) in [6.07, 6.45) is 22.1. The van der Waals surface area contributed by atoms with Gasteiger partial charge in [0.05, 0.1) is 40.3 Å². The van der Waals surface area contributed by atoms with Gasteiger partial charge in [-0.3, -0.25) is 32.8 Å². The van der Waals surface area contributed by atoms with Crippen LogP contribution in [0.3, 0.4) is 0 Å². The van der Waals surface area contributed by atoms with E-state index < -0.39 is 42.8 Å². The van der Waals surface area contributed by atoms with Crippen LogP contribution in [-0.4, -0.2) is 86.5 Å². The molecule has 0 aliphatic carbocycles. The Labute approximate surface area is 305 Å². The van der Waals surface area contributed by atoms with Crippen LogP contribution < -0.4 is 5.73 Å². The Balaban J connectivity index is 0.000000168. The number of nitrogens with zero attached hydrogens (tertiary/aromatic N) is 5. The molecule has 276 valence electrons. The molecule has 3 N–H and O–H groups in total. The van der Waals surface area contributed by atoms with Crippen molar-refractivity contribution in [1.82, 2.24) is 24.7 Å². The molecule has 5 atom stereocenters. The number of aliphatic hydroxyl groups is 1. The number of rotatable bonds is 6. The predicted octanol–water partition coefficient (Wildman–Crippen LogP) is 4.65. The zero-order valence-corrected chi connectivity index (χ0v) is 31.1. The SMILES string of the molecule is Nc1cnn(C(c2cccnc2)C2CCCCS2(=O)=O)c1.O=Cc1cccnc1.O=S1CCCCC1.O=S1CCCCC1C(O)c1cccnc1. The molecule has 0 spiro atoms. The third-order valence-electron chi connectivity index (χ3n) is 8.78. The van der Waals surface area contributed by atoms with Gasteiger partial charge in [0.2, 0.25) is 0 Å². The lowest BCUT2D eigenvalue weighted by Gasteiger charge is -2.30. The van der Waals surface area contributed by atoms with Crippen molar-refractivity contribution in [2.75, 3.05) is 28.7 Å². The van der Waals surface area contributed by atoms with Crippen molar-refractivity contribution >= 4 is 43.4 Å². The van der Waals surface area contributed by atoms with Crippen molar-refractivity contribution in [2.45, 2.75) is 80.4 Å². The lowest BCUT2D eigenvalue weighted by atomic mass is 10.0. The lowest BCUT2D eigenvalue weighted by molar-refractivity contribution is 0.112. The fraction of sp³-hybridized carbons (Fsp3) is 0.472. The Kier molecular flexibility index (Phi) is 16.5. The Morgan fingerprint density at radius 2 is 1.43 bits per heavy atom. The van der Waals surface area contributed by atoms with E-state index in [1.54, 1.807) is 66.3 Å². The van der Waals surface area contributed by atoms with Gasteiger partial charge in [-0.15, -0.1) is 0 Å². The maximum atomic E-state index is 12.5. The minimum atomic E-state index is -3.14. The average molecular weight is 757 g/mol. The third kappa shape index (κ3) is 12.8. The number of nitrogens with two attached hydrogens (primary N) is 1. The third-order valence-corrected chi connectivity index (χ3v) is 14.4. The summed E-state index contributed by atoms with van der Waals surface area (Å²) in [5.74, 6) is 2.88. The van der Waals surface area contributed by atoms with E-state index in [1.165, 1.54) is 25.5 Å². The van der Waals surface area contributed by atoms with Gasteiger partial charge < -0.3 is 10.8 Å². The summed E-state index contributed by atoms with van der Waals surface area (Å²) < 4.78 is 48.9. The van der Waals surface area contributed by atoms with Gasteiger partial charge in [0.15, 0.2) is 16.1 Å². The smallest absolute Gasteiger partial charge is 0.155 e. The van der Waals surface area contributed by atoms with Crippen molar-refractivity contribution < 1.29 is 26.7 Å². The minimum Gasteiger partial charge on any atom is -0.396 e. The molecule has 3 fully saturated rings. The average Bonchev–Trinajstić information content (AvgIpc) is 3.60. The van der Waals surface area contributed by atoms with Gasteiger partial charge in [-0.25, -0.2) is 8.42 Å². The number of carbonyl (C=O) groups excluding carboxylic acids is 1. The summed E-state index contributed by atoms with van der Waals surface area (Å²) in [6.45, 7) is 0. The summed E-state index contributed by atoms with van der Waals surface area (Å²) in [7, 11) is -4.47. The van der Waals surface area contributed by atoms with Crippen molar-refractivity contribution in [3.05, 3.63) is 103 Å². The van der Waals surface area contributed by atoms with Crippen LogP contribution in [0.5, 0.6) is 0 Å². The van der Waals surface area contributed by atoms with Gasteiger partial charge in [-0.05, 0) is 73.9 Å². The molecule has 0 bridgehead atoms. The first-order valence-electron chi connectivity index (χ1n) is 17.3. The molecule has 4 aromatic heterocycles. The van der Waals surface area contributed by atoms with E-state index in [1.807, 2.05) is 18.2 Å². The first-order valence-corrected chi connectivity index (χ1v) is 21.8. The van der Waals surface area contributed by atoms with Gasteiger partial charge in [0.25, 0.3) is 0 Å². The number of sulfone groups is 1. The first-order chi connectivity index (χ1) is 24.7. The highest BCUT2D eigenvalue weighted by molar-refractivity contribution is 7.92. The molecule has 3 saturated heterocycles. The predicted molar refractivity (Wildman–Crippen MR) is 202 cm³/mol. The van der Waals surface area contributed by atoms with E-state index >= 15 is 0 Å². The summed E-state index contributed by atoms with van der Waals surface area (Å²) in [6, 6.07) is 10.4. The molecule has 0 saturated carbocycles. The van der Waals surface area contributed by atoms with Crippen molar-refractivity contribution in [2.24, 2.45) is 0 Å². The highest BCUT2D eigenvalue weighted by Gasteiger charge is 2.38. The fourth-order valence-electron chi connectivity index (χ4n) is 6.12. The molecule has 51 heavy (non-hydrogen) atoms. The van der Waals surface area contributed by atoms with Gasteiger partial charge in [-0.2, -0.15) is 5.10 Å². The Bertz CT molecular complexity index is 1760. The molecule has 0 radical (unpaired) electrons. The molecule has 3 aliphatic heterocycles. The van der Waals surface area contributed by atoms with Crippen LogP contribution in [0.1, 0.15) is 91.4 Å². The molecule has 0 aromatic carbocycles. The van der Waals surface area contributed by atoms with E-state index in [9.17, 15) is 26.7 Å². The molecular weight excluding hydrogens is 709 g/mol. The van der Waals surface area contributed by atoms with Crippen LogP contribution in [0.15, 0.2) is 86.0 Å². The number of nitrogen functional groups attached to an aromatic ring is 1. The number of aldehydes is 1. The zero-order valence-electron chi connectivity index (χ0n) is 28.7. The lowest BCUT2D eigenvalue weighted by Crippen LogP contribution is -2.37. The maximum absolute atomic E-state index is 12.5. The quantitative estimate of drug-likeness (QED) is 0.261. The van der Waals surface area contributed by atoms with E-state index in [2.05, 4.69) is 20.1 Å². The summed E-state index contributed by atoms with van der Waals surface area (Å²) in [4.78, 5) is 21.8. The number of carbonyl (C=O) groups is 1. The second-order valence-corrected chi connectivity index (χ2v) is 18.4. The molecule has 5 unspecified atom stereocenters. The highest BCUT2D eigenvalue weighted by Crippen LogP contribution is 2.33. The second-order valence-electron chi connectivity index (χ2n) is 12.5. The standard InChI is InChI=1S/C14H18N4O2S.C11H15NO2S.C6H5NO.C5H10OS/c15-12-9-17-18(10-12)14(11-4-3-6-16-8-11)13-5-1-2-7-21(13,19)20;13-11(9-4-3-6-12-8-9)10-5-1-2-7-15(10)14;8-5-6-2-1-3-7-4-6;6-7-4-2-1-3-5-7/h3-4,6,8-10,13-14H,1-2,5,7,15H2;3-4,6,8,10-11,13H,1-2,5,7H2;1-5H;1-5H2. The molecule has 3 aliphatic rings. The number of hydrogen-bond acceptors (Lipinski definition) is 11. The van der Waals surface area contributed by atoms with Gasteiger partial charge >= 0.3 is 0 Å². The Morgan fingerprint density at radius 3 is 1.92 bits per heavy atom. The summed E-state index contributed by atoms with van der Waals surface area (Å²) in [5.41, 5.74) is 8.51. The highest BCUT2D eigenvalue weighted by atomic mass is 32.2. The van der Waals surface area contributed by atoms with Crippen LogP contribution in [0.25, 0.3) is 0 Å². The number of aliphatic hydroxyl groups excluding tert-OH is 1. The number of hydrogen-bond donors (Lipinski definition) is 2. The minimum absolute atomic E-state index is 0.108. The first kappa shape index (κ1) is 40.1. The molecular formula is C36H48N6O6S3.